The van der Waals surface area contributed by atoms with Gasteiger partial charge in [0.05, 0.1) is 35.6 Å². The Morgan fingerprint density at radius 1 is 1.14 bits per heavy atom. The standard InChI is InChI=1S/C32H34N8O4/c1-17-27-30(40-39-17)35-15-25(37-27)23-13-26(29(33)38-28(23)21-10-11-42-18(21)2)43-16-20(36-31(41)44-32(3,4)5)12-19-14-34-24-9-7-6-8-22(19)24/h6-11,13-15,20,34H,12,16H2,1-5H3,(H2,33,38)(H,36,41)(H,35,39,40)/t20-/m0/s1. The average Bonchev–Trinajstić information content (AvgIpc) is 3.69. The van der Waals surface area contributed by atoms with Gasteiger partial charge in [0.2, 0.25) is 0 Å². The van der Waals surface area contributed by atoms with Gasteiger partial charge in [0.25, 0.3) is 0 Å². The molecule has 0 bridgehead atoms. The number of furan rings is 1. The molecule has 0 aliphatic rings. The average molecular weight is 595 g/mol. The van der Waals surface area contributed by atoms with Crippen LogP contribution in [0.25, 0.3) is 44.6 Å². The quantitative estimate of drug-likeness (QED) is 0.168. The van der Waals surface area contributed by atoms with E-state index in [0.29, 0.717) is 46.0 Å². The lowest BCUT2D eigenvalue weighted by molar-refractivity contribution is 0.0488. The molecule has 0 unspecified atom stereocenters. The summed E-state index contributed by atoms with van der Waals surface area (Å²) >= 11 is 0. The smallest absolute Gasteiger partial charge is 0.408 e. The summed E-state index contributed by atoms with van der Waals surface area (Å²) in [6, 6.07) is 11.2. The predicted molar refractivity (Wildman–Crippen MR) is 167 cm³/mol. The summed E-state index contributed by atoms with van der Waals surface area (Å²) in [7, 11) is 0. The number of nitrogens with one attached hydrogen (secondary N) is 3. The van der Waals surface area contributed by atoms with Crippen molar-refractivity contribution in [2.75, 3.05) is 12.3 Å². The second-order valence-electron chi connectivity index (χ2n) is 11.6. The van der Waals surface area contributed by atoms with Crippen LogP contribution in [0.15, 0.2) is 59.5 Å². The second-order valence-corrected chi connectivity index (χ2v) is 11.6. The first-order valence-corrected chi connectivity index (χ1v) is 14.3. The van der Waals surface area contributed by atoms with Crippen molar-refractivity contribution in [3.63, 3.8) is 0 Å². The second kappa shape index (κ2) is 11.4. The fourth-order valence-electron chi connectivity index (χ4n) is 5.08. The first-order valence-electron chi connectivity index (χ1n) is 14.3. The highest BCUT2D eigenvalue weighted by Gasteiger charge is 2.24. The number of fused-ring (bicyclic) bond motifs is 2. The molecule has 0 radical (unpaired) electrons. The summed E-state index contributed by atoms with van der Waals surface area (Å²) in [5.74, 6) is 1.20. The molecular formula is C32H34N8O4. The minimum Gasteiger partial charge on any atom is -0.488 e. The number of carbonyl (C=O) groups excluding carboxylic acids is 1. The van der Waals surface area contributed by atoms with Crippen molar-refractivity contribution >= 4 is 34.0 Å². The van der Waals surface area contributed by atoms with E-state index in [2.05, 4.69) is 25.5 Å². The summed E-state index contributed by atoms with van der Waals surface area (Å²) < 4.78 is 17.4. The Kier molecular flexibility index (Phi) is 7.41. The maximum atomic E-state index is 12.8. The van der Waals surface area contributed by atoms with E-state index < -0.39 is 17.7 Å². The first kappa shape index (κ1) is 28.7. The zero-order valence-corrected chi connectivity index (χ0v) is 25.2. The topological polar surface area (TPSA) is 170 Å². The molecular weight excluding hydrogens is 560 g/mol. The van der Waals surface area contributed by atoms with Gasteiger partial charge in [-0.05, 0) is 64.8 Å². The van der Waals surface area contributed by atoms with Crippen LogP contribution in [-0.4, -0.2) is 54.5 Å². The van der Waals surface area contributed by atoms with Crippen molar-refractivity contribution < 1.29 is 18.7 Å². The van der Waals surface area contributed by atoms with E-state index in [1.807, 2.05) is 71.1 Å². The largest absolute Gasteiger partial charge is 0.488 e. The van der Waals surface area contributed by atoms with Gasteiger partial charge >= 0.3 is 6.09 Å². The van der Waals surface area contributed by atoms with E-state index >= 15 is 0 Å². The van der Waals surface area contributed by atoms with Crippen molar-refractivity contribution in [2.24, 2.45) is 0 Å². The SMILES string of the molecule is Cc1occc1-c1nc(N)c(OC[C@H](Cc2c[nH]c3ccccc23)NC(=O)OC(C)(C)C)cc1-c1cnc2[nH]nc(C)c2n1. The Morgan fingerprint density at radius 3 is 2.73 bits per heavy atom. The van der Waals surface area contributed by atoms with E-state index in [9.17, 15) is 4.79 Å². The first-order chi connectivity index (χ1) is 21.1. The number of alkyl carbamates (subject to hydrolysis) is 1. The number of amides is 1. The molecule has 5 heterocycles. The highest BCUT2D eigenvalue weighted by Crippen LogP contribution is 2.37. The number of benzene rings is 1. The number of pyridine rings is 1. The van der Waals surface area contributed by atoms with Crippen LogP contribution < -0.4 is 15.8 Å². The number of ether oxygens (including phenoxy) is 2. The molecule has 6 rings (SSSR count). The molecule has 44 heavy (non-hydrogen) atoms. The molecule has 1 amide bonds. The molecule has 0 saturated carbocycles. The number of hydrogen-bond donors (Lipinski definition) is 4. The van der Waals surface area contributed by atoms with Crippen LogP contribution in [0.2, 0.25) is 0 Å². The number of nitrogen functional groups attached to an aromatic ring is 1. The van der Waals surface area contributed by atoms with Crippen molar-refractivity contribution in [3.05, 3.63) is 72.1 Å². The maximum absolute atomic E-state index is 12.8. The summed E-state index contributed by atoms with van der Waals surface area (Å²) in [5.41, 5.74) is 12.4. The number of hydrogen-bond acceptors (Lipinski definition) is 9. The number of aromatic amines is 2. The van der Waals surface area contributed by atoms with Crippen LogP contribution in [0.5, 0.6) is 5.75 Å². The molecule has 226 valence electrons. The third-order valence-corrected chi connectivity index (χ3v) is 7.15. The highest BCUT2D eigenvalue weighted by molar-refractivity contribution is 5.85. The summed E-state index contributed by atoms with van der Waals surface area (Å²) in [4.78, 5) is 30.2. The van der Waals surface area contributed by atoms with Crippen LogP contribution in [0.1, 0.15) is 37.8 Å². The van der Waals surface area contributed by atoms with Gasteiger partial charge in [-0.2, -0.15) is 5.10 Å². The van der Waals surface area contributed by atoms with Crippen LogP contribution >= 0.6 is 0 Å². The lowest BCUT2D eigenvalue weighted by Crippen LogP contribution is -2.43. The van der Waals surface area contributed by atoms with E-state index in [1.165, 1.54) is 0 Å². The fourth-order valence-corrected chi connectivity index (χ4v) is 5.08. The summed E-state index contributed by atoms with van der Waals surface area (Å²) in [5, 5.41) is 11.1. The number of carbonyl (C=O) groups is 1. The van der Waals surface area contributed by atoms with Crippen LogP contribution in [0.4, 0.5) is 10.6 Å². The number of rotatable bonds is 8. The van der Waals surface area contributed by atoms with Crippen molar-refractivity contribution in [3.8, 4) is 28.3 Å². The number of nitrogens with zero attached hydrogens (tertiary/aromatic N) is 4. The Balaban J connectivity index is 1.34. The Labute approximate surface area is 253 Å². The number of nitrogens with two attached hydrogens (primary N) is 1. The molecule has 0 aliphatic carbocycles. The van der Waals surface area contributed by atoms with Crippen LogP contribution in [-0.2, 0) is 11.2 Å². The van der Waals surface area contributed by atoms with Gasteiger partial charge in [-0.15, -0.1) is 0 Å². The summed E-state index contributed by atoms with van der Waals surface area (Å²) in [6.07, 6.45) is 5.14. The van der Waals surface area contributed by atoms with Gasteiger partial charge in [-0.25, -0.2) is 19.7 Å². The van der Waals surface area contributed by atoms with Gasteiger partial charge in [-0.1, -0.05) is 18.2 Å². The van der Waals surface area contributed by atoms with E-state index in [0.717, 1.165) is 27.7 Å². The number of aryl methyl sites for hydroxylation is 2. The Hall–Kier alpha value is -5.39. The van der Waals surface area contributed by atoms with Crippen molar-refractivity contribution in [1.82, 2.24) is 35.5 Å². The lowest BCUT2D eigenvalue weighted by Gasteiger charge is -2.24. The molecule has 12 heteroatoms. The molecule has 0 saturated heterocycles. The normalized spacial score (nSPS) is 12.5. The van der Waals surface area contributed by atoms with E-state index in [1.54, 1.807) is 18.5 Å². The molecule has 6 aromatic rings. The van der Waals surface area contributed by atoms with Gasteiger partial charge in [0, 0.05) is 28.2 Å². The Bertz CT molecular complexity index is 1970. The zero-order valence-electron chi connectivity index (χ0n) is 25.2. The van der Waals surface area contributed by atoms with E-state index in [4.69, 9.17) is 29.6 Å². The predicted octanol–water partition coefficient (Wildman–Crippen LogP) is 5.87. The van der Waals surface area contributed by atoms with Crippen molar-refractivity contribution in [1.29, 1.82) is 0 Å². The van der Waals surface area contributed by atoms with Gasteiger partial charge in [-0.3, -0.25) is 5.10 Å². The molecule has 0 fully saturated rings. The summed E-state index contributed by atoms with van der Waals surface area (Å²) in [6.45, 7) is 9.27. The van der Waals surface area contributed by atoms with Crippen LogP contribution in [0, 0.1) is 13.8 Å². The van der Waals surface area contributed by atoms with Gasteiger partial charge in [0.15, 0.2) is 17.2 Å². The molecule has 0 aliphatic heterocycles. The maximum Gasteiger partial charge on any atom is 0.408 e. The third kappa shape index (κ3) is 5.91. The molecule has 1 atom stereocenters. The Morgan fingerprint density at radius 2 is 1.95 bits per heavy atom. The van der Waals surface area contributed by atoms with Gasteiger partial charge < -0.3 is 29.9 Å². The number of H-pyrrole nitrogens is 2. The number of anilines is 1. The molecule has 1 aromatic carbocycles. The molecule has 0 spiro atoms. The highest BCUT2D eigenvalue weighted by atomic mass is 16.6. The van der Waals surface area contributed by atoms with E-state index in [-0.39, 0.29) is 12.4 Å². The lowest BCUT2D eigenvalue weighted by atomic mass is 10.0. The van der Waals surface area contributed by atoms with Crippen LogP contribution in [0.3, 0.4) is 0 Å². The molecule has 12 nitrogen and oxygen atoms in total. The zero-order chi connectivity index (χ0) is 31.0. The monoisotopic (exact) mass is 594 g/mol. The molecule has 5 aromatic heterocycles. The minimum atomic E-state index is -0.657. The minimum absolute atomic E-state index is 0.0969. The van der Waals surface area contributed by atoms with Gasteiger partial charge in [0.1, 0.15) is 23.5 Å². The number of aromatic nitrogens is 6. The number of para-hydroxylation sites is 1. The third-order valence-electron chi connectivity index (χ3n) is 7.15. The molecule has 5 N–H and O–H groups in total. The van der Waals surface area contributed by atoms with Crippen molar-refractivity contribution in [2.45, 2.75) is 52.7 Å². The fraction of sp³-hybridized carbons (Fsp3) is 0.281.